The van der Waals surface area contributed by atoms with E-state index in [4.69, 9.17) is 0 Å². The first kappa shape index (κ1) is 12.3. The number of likely N-dealkylation sites (tertiary alicyclic amines) is 1. The highest BCUT2D eigenvalue weighted by Crippen LogP contribution is 2.18. The smallest absolute Gasteiger partial charge is 0.0107 e. The zero-order valence-electron chi connectivity index (χ0n) is 10.9. The SMILES string of the molecule is CC(C)CN1CCC(CN2CCNCC2)C1. The summed E-state index contributed by atoms with van der Waals surface area (Å²) in [6.45, 7) is 14.8. The third-order valence-electron chi connectivity index (χ3n) is 3.72. The first-order valence-electron chi connectivity index (χ1n) is 6.89. The van der Waals surface area contributed by atoms with Crippen LogP contribution < -0.4 is 5.32 Å². The van der Waals surface area contributed by atoms with Crippen molar-refractivity contribution < 1.29 is 0 Å². The van der Waals surface area contributed by atoms with E-state index >= 15 is 0 Å². The summed E-state index contributed by atoms with van der Waals surface area (Å²) in [4.78, 5) is 5.29. The molecule has 1 unspecified atom stereocenters. The van der Waals surface area contributed by atoms with Crippen LogP contribution in [0.3, 0.4) is 0 Å². The molecular weight excluding hydrogens is 198 g/mol. The predicted molar refractivity (Wildman–Crippen MR) is 68.7 cm³/mol. The van der Waals surface area contributed by atoms with Crippen molar-refractivity contribution in [1.82, 2.24) is 15.1 Å². The van der Waals surface area contributed by atoms with Gasteiger partial charge in [-0.25, -0.2) is 0 Å². The molecule has 0 bridgehead atoms. The Morgan fingerprint density at radius 2 is 1.88 bits per heavy atom. The van der Waals surface area contributed by atoms with Gasteiger partial charge in [-0.15, -0.1) is 0 Å². The third kappa shape index (κ3) is 3.72. The van der Waals surface area contributed by atoms with Gasteiger partial charge in [-0.2, -0.15) is 0 Å². The maximum absolute atomic E-state index is 3.42. The summed E-state index contributed by atoms with van der Waals surface area (Å²) < 4.78 is 0. The Hall–Kier alpha value is -0.120. The van der Waals surface area contributed by atoms with Crippen LogP contribution in [0.5, 0.6) is 0 Å². The van der Waals surface area contributed by atoms with Crippen molar-refractivity contribution in [2.45, 2.75) is 20.3 Å². The molecule has 2 heterocycles. The zero-order chi connectivity index (χ0) is 11.4. The van der Waals surface area contributed by atoms with Crippen LogP contribution >= 0.6 is 0 Å². The molecule has 3 nitrogen and oxygen atoms in total. The molecule has 0 aromatic rings. The van der Waals surface area contributed by atoms with E-state index in [0.29, 0.717) is 0 Å². The van der Waals surface area contributed by atoms with Crippen LogP contribution in [-0.4, -0.2) is 62.2 Å². The molecule has 2 saturated heterocycles. The Kier molecular flexibility index (Phi) is 4.62. The molecule has 94 valence electrons. The van der Waals surface area contributed by atoms with Gasteiger partial charge in [-0.05, 0) is 24.8 Å². The Bertz CT molecular complexity index is 199. The molecule has 2 aliphatic rings. The van der Waals surface area contributed by atoms with Gasteiger partial charge in [-0.1, -0.05) is 13.8 Å². The van der Waals surface area contributed by atoms with E-state index in [2.05, 4.69) is 29.0 Å². The van der Waals surface area contributed by atoms with E-state index in [0.717, 1.165) is 11.8 Å². The minimum absolute atomic E-state index is 0.818. The fraction of sp³-hybridized carbons (Fsp3) is 1.00. The fourth-order valence-electron chi connectivity index (χ4n) is 3.00. The quantitative estimate of drug-likeness (QED) is 0.766. The number of rotatable bonds is 4. The van der Waals surface area contributed by atoms with E-state index in [1.54, 1.807) is 0 Å². The first-order chi connectivity index (χ1) is 7.74. The molecule has 1 atom stereocenters. The maximum Gasteiger partial charge on any atom is 0.0107 e. The zero-order valence-corrected chi connectivity index (χ0v) is 10.9. The van der Waals surface area contributed by atoms with Gasteiger partial charge in [0.1, 0.15) is 0 Å². The van der Waals surface area contributed by atoms with Crippen LogP contribution in [0.25, 0.3) is 0 Å². The van der Waals surface area contributed by atoms with Crippen molar-refractivity contribution in [3.63, 3.8) is 0 Å². The van der Waals surface area contributed by atoms with E-state index in [9.17, 15) is 0 Å². The second-order valence-corrected chi connectivity index (χ2v) is 5.86. The van der Waals surface area contributed by atoms with Gasteiger partial charge in [0.2, 0.25) is 0 Å². The molecule has 0 saturated carbocycles. The summed E-state index contributed by atoms with van der Waals surface area (Å²) in [7, 11) is 0. The van der Waals surface area contributed by atoms with Gasteiger partial charge < -0.3 is 15.1 Å². The molecule has 0 amide bonds. The monoisotopic (exact) mass is 225 g/mol. The highest BCUT2D eigenvalue weighted by Gasteiger charge is 2.24. The number of hydrogen-bond donors (Lipinski definition) is 1. The average molecular weight is 225 g/mol. The Morgan fingerprint density at radius 1 is 1.12 bits per heavy atom. The average Bonchev–Trinajstić information content (AvgIpc) is 2.66. The lowest BCUT2D eigenvalue weighted by molar-refractivity contribution is 0.200. The van der Waals surface area contributed by atoms with E-state index < -0.39 is 0 Å². The topological polar surface area (TPSA) is 18.5 Å². The second kappa shape index (κ2) is 5.99. The standard InChI is InChI=1S/C13H27N3/c1-12(2)9-16-6-3-13(11-16)10-15-7-4-14-5-8-15/h12-14H,3-11H2,1-2H3. The normalized spacial score (nSPS) is 29.1. The molecule has 1 N–H and O–H groups in total. The lowest BCUT2D eigenvalue weighted by atomic mass is 10.1. The summed E-state index contributed by atoms with van der Waals surface area (Å²) in [5.74, 6) is 1.75. The molecule has 0 aromatic heterocycles. The number of hydrogen-bond acceptors (Lipinski definition) is 3. The van der Waals surface area contributed by atoms with Gasteiger partial charge in [0.15, 0.2) is 0 Å². The molecular formula is C13H27N3. The lowest BCUT2D eigenvalue weighted by Crippen LogP contribution is -2.45. The summed E-state index contributed by atoms with van der Waals surface area (Å²) in [6.07, 6.45) is 1.41. The van der Waals surface area contributed by atoms with Crippen molar-refractivity contribution in [2.24, 2.45) is 11.8 Å². The third-order valence-corrected chi connectivity index (χ3v) is 3.72. The molecule has 0 aliphatic carbocycles. The molecule has 0 radical (unpaired) electrons. The summed E-state index contributed by atoms with van der Waals surface area (Å²) >= 11 is 0. The molecule has 0 spiro atoms. The van der Waals surface area contributed by atoms with Gasteiger partial charge >= 0.3 is 0 Å². The van der Waals surface area contributed by atoms with Gasteiger partial charge in [-0.3, -0.25) is 0 Å². The van der Waals surface area contributed by atoms with Gasteiger partial charge in [0.25, 0.3) is 0 Å². The van der Waals surface area contributed by atoms with Crippen molar-refractivity contribution in [2.75, 3.05) is 52.4 Å². The summed E-state index contributed by atoms with van der Waals surface area (Å²) in [5, 5.41) is 3.42. The van der Waals surface area contributed by atoms with E-state index in [-0.39, 0.29) is 0 Å². The number of piperazine rings is 1. The van der Waals surface area contributed by atoms with Crippen molar-refractivity contribution >= 4 is 0 Å². The Labute approximate surface area is 100 Å². The minimum atomic E-state index is 0.818. The van der Waals surface area contributed by atoms with Crippen molar-refractivity contribution in [1.29, 1.82) is 0 Å². The molecule has 3 heteroatoms. The minimum Gasteiger partial charge on any atom is -0.314 e. The summed E-state index contributed by atoms with van der Waals surface area (Å²) in [6, 6.07) is 0. The fourth-order valence-corrected chi connectivity index (χ4v) is 3.00. The Balaban J connectivity index is 1.67. The molecule has 0 aromatic carbocycles. The lowest BCUT2D eigenvalue weighted by Gasteiger charge is -2.29. The van der Waals surface area contributed by atoms with Crippen LogP contribution in [0, 0.1) is 11.8 Å². The summed E-state index contributed by atoms with van der Waals surface area (Å²) in [5.41, 5.74) is 0. The van der Waals surface area contributed by atoms with Crippen LogP contribution in [0.1, 0.15) is 20.3 Å². The second-order valence-electron chi connectivity index (χ2n) is 5.86. The molecule has 2 aliphatic heterocycles. The highest BCUT2D eigenvalue weighted by molar-refractivity contribution is 4.80. The highest BCUT2D eigenvalue weighted by atomic mass is 15.2. The van der Waals surface area contributed by atoms with Crippen LogP contribution in [0.4, 0.5) is 0 Å². The van der Waals surface area contributed by atoms with Gasteiger partial charge in [0, 0.05) is 45.8 Å². The van der Waals surface area contributed by atoms with Crippen molar-refractivity contribution in [3.05, 3.63) is 0 Å². The molecule has 2 fully saturated rings. The van der Waals surface area contributed by atoms with Crippen LogP contribution in [0.2, 0.25) is 0 Å². The predicted octanol–water partition coefficient (Wildman–Crippen LogP) is 0.870. The molecule has 16 heavy (non-hydrogen) atoms. The maximum atomic E-state index is 3.42. The van der Waals surface area contributed by atoms with Crippen molar-refractivity contribution in [3.8, 4) is 0 Å². The van der Waals surface area contributed by atoms with Gasteiger partial charge in [0.05, 0.1) is 0 Å². The number of nitrogens with one attached hydrogen (secondary N) is 1. The Morgan fingerprint density at radius 3 is 2.56 bits per heavy atom. The molecule has 2 rings (SSSR count). The van der Waals surface area contributed by atoms with Crippen LogP contribution in [0.15, 0.2) is 0 Å². The largest absolute Gasteiger partial charge is 0.314 e. The van der Waals surface area contributed by atoms with E-state index in [1.165, 1.54) is 58.8 Å². The van der Waals surface area contributed by atoms with Crippen LogP contribution in [-0.2, 0) is 0 Å². The number of nitrogens with zero attached hydrogens (tertiary/aromatic N) is 2. The van der Waals surface area contributed by atoms with E-state index in [1.807, 2.05) is 0 Å². The first-order valence-corrected chi connectivity index (χ1v) is 6.89.